The molecule has 2 heterocycles. The average Bonchev–Trinajstić information content (AvgIpc) is 2.38. The largest absolute Gasteiger partial charge is 0.326 e. The summed E-state index contributed by atoms with van der Waals surface area (Å²) in [6, 6.07) is 8.85. The third kappa shape index (κ3) is 2.39. The Labute approximate surface area is 122 Å². The number of halogens is 1. The molecule has 1 aromatic heterocycles. The van der Waals surface area contributed by atoms with E-state index in [0.717, 1.165) is 16.8 Å². The van der Waals surface area contributed by atoms with Gasteiger partial charge in [0.15, 0.2) is 0 Å². The van der Waals surface area contributed by atoms with Gasteiger partial charge in [-0.2, -0.15) is 0 Å². The van der Waals surface area contributed by atoms with E-state index in [1.165, 1.54) is 35.2 Å². The van der Waals surface area contributed by atoms with Gasteiger partial charge in [0.1, 0.15) is 5.82 Å². The summed E-state index contributed by atoms with van der Waals surface area (Å²) in [5.41, 5.74) is 5.30. The molecule has 0 spiro atoms. The zero-order valence-corrected chi connectivity index (χ0v) is 12.9. The van der Waals surface area contributed by atoms with Crippen LogP contribution >= 0.6 is 15.9 Å². The summed E-state index contributed by atoms with van der Waals surface area (Å²) in [4.78, 5) is 6.95. The molecule has 0 N–H and O–H groups in total. The number of anilines is 2. The Kier molecular flexibility index (Phi) is 3.31. The molecule has 1 aliphatic heterocycles. The van der Waals surface area contributed by atoms with Crippen LogP contribution in [0.2, 0.25) is 0 Å². The van der Waals surface area contributed by atoms with E-state index in [4.69, 9.17) is 0 Å². The number of aryl methyl sites for hydroxylation is 3. The van der Waals surface area contributed by atoms with Crippen molar-refractivity contribution in [3.8, 4) is 0 Å². The van der Waals surface area contributed by atoms with Gasteiger partial charge in [0.2, 0.25) is 0 Å². The van der Waals surface area contributed by atoms with Crippen molar-refractivity contribution < 1.29 is 0 Å². The minimum absolute atomic E-state index is 1.04. The molecular formula is C16H17BrN2. The SMILES string of the molecule is Cc1ccc2c(c1)CCCN2c1ncc(Br)cc1C. The van der Waals surface area contributed by atoms with E-state index in [1.807, 2.05) is 6.20 Å². The highest BCUT2D eigenvalue weighted by molar-refractivity contribution is 9.10. The van der Waals surface area contributed by atoms with Crippen molar-refractivity contribution in [2.24, 2.45) is 0 Å². The molecule has 0 saturated carbocycles. The summed E-state index contributed by atoms with van der Waals surface area (Å²) in [6.07, 6.45) is 4.24. The number of hydrogen-bond acceptors (Lipinski definition) is 2. The van der Waals surface area contributed by atoms with Gasteiger partial charge in [0, 0.05) is 22.9 Å². The van der Waals surface area contributed by atoms with Gasteiger partial charge in [-0.1, -0.05) is 17.7 Å². The summed E-state index contributed by atoms with van der Waals surface area (Å²) < 4.78 is 1.04. The second kappa shape index (κ2) is 4.97. The molecule has 1 aromatic carbocycles. The second-order valence-electron chi connectivity index (χ2n) is 5.18. The fraction of sp³-hybridized carbons (Fsp3) is 0.312. The molecule has 3 rings (SSSR count). The predicted octanol–water partition coefficient (Wildman–Crippen LogP) is 4.55. The molecule has 0 amide bonds. The van der Waals surface area contributed by atoms with E-state index >= 15 is 0 Å². The number of pyridine rings is 1. The van der Waals surface area contributed by atoms with Crippen LogP contribution in [0.1, 0.15) is 23.1 Å². The van der Waals surface area contributed by atoms with E-state index in [-0.39, 0.29) is 0 Å². The first-order valence-corrected chi connectivity index (χ1v) is 7.43. The second-order valence-corrected chi connectivity index (χ2v) is 6.10. The smallest absolute Gasteiger partial charge is 0.135 e. The van der Waals surface area contributed by atoms with Gasteiger partial charge in [-0.05, 0) is 65.9 Å². The quantitative estimate of drug-likeness (QED) is 0.767. The van der Waals surface area contributed by atoms with Crippen LogP contribution in [0.15, 0.2) is 34.9 Å². The molecule has 98 valence electrons. The highest BCUT2D eigenvalue weighted by Crippen LogP contribution is 2.34. The van der Waals surface area contributed by atoms with Crippen LogP contribution in [0, 0.1) is 13.8 Å². The molecule has 0 unspecified atom stereocenters. The van der Waals surface area contributed by atoms with Crippen molar-refractivity contribution in [2.75, 3.05) is 11.4 Å². The van der Waals surface area contributed by atoms with Crippen molar-refractivity contribution in [1.82, 2.24) is 4.98 Å². The summed E-state index contributed by atoms with van der Waals surface area (Å²) in [5.74, 6) is 1.08. The Morgan fingerprint density at radius 3 is 2.84 bits per heavy atom. The summed E-state index contributed by atoms with van der Waals surface area (Å²) in [5, 5.41) is 0. The van der Waals surface area contributed by atoms with E-state index in [1.54, 1.807) is 0 Å². The van der Waals surface area contributed by atoms with Gasteiger partial charge < -0.3 is 4.90 Å². The van der Waals surface area contributed by atoms with Gasteiger partial charge in [0.05, 0.1) is 0 Å². The maximum Gasteiger partial charge on any atom is 0.135 e. The summed E-state index contributed by atoms with van der Waals surface area (Å²) in [6.45, 7) is 5.32. The Hall–Kier alpha value is -1.35. The van der Waals surface area contributed by atoms with Crippen LogP contribution in [0.25, 0.3) is 0 Å². The molecule has 1 aliphatic rings. The molecule has 0 aliphatic carbocycles. The lowest BCUT2D eigenvalue weighted by molar-refractivity contribution is 0.757. The van der Waals surface area contributed by atoms with Crippen molar-refractivity contribution in [3.63, 3.8) is 0 Å². The molecule has 0 radical (unpaired) electrons. The Morgan fingerprint density at radius 2 is 2.05 bits per heavy atom. The molecule has 0 fully saturated rings. The van der Waals surface area contributed by atoms with Crippen molar-refractivity contribution in [1.29, 1.82) is 0 Å². The maximum absolute atomic E-state index is 4.60. The van der Waals surface area contributed by atoms with Crippen LogP contribution in [0.5, 0.6) is 0 Å². The third-order valence-corrected chi connectivity index (χ3v) is 4.06. The fourth-order valence-corrected chi connectivity index (χ4v) is 3.21. The average molecular weight is 317 g/mol. The van der Waals surface area contributed by atoms with Crippen molar-refractivity contribution in [3.05, 3.63) is 51.6 Å². The molecule has 2 nitrogen and oxygen atoms in total. The molecule has 0 atom stereocenters. The highest BCUT2D eigenvalue weighted by Gasteiger charge is 2.20. The molecule has 0 saturated heterocycles. The number of fused-ring (bicyclic) bond motifs is 1. The van der Waals surface area contributed by atoms with Crippen LogP contribution in [-0.4, -0.2) is 11.5 Å². The summed E-state index contributed by atoms with van der Waals surface area (Å²) in [7, 11) is 0. The van der Waals surface area contributed by atoms with Gasteiger partial charge >= 0.3 is 0 Å². The zero-order chi connectivity index (χ0) is 13.4. The normalized spacial score (nSPS) is 14.4. The molecule has 2 aromatic rings. The Balaban J connectivity index is 2.08. The summed E-state index contributed by atoms with van der Waals surface area (Å²) >= 11 is 3.48. The maximum atomic E-state index is 4.60. The minimum Gasteiger partial charge on any atom is -0.326 e. The highest BCUT2D eigenvalue weighted by atomic mass is 79.9. The Bertz CT molecular complexity index is 622. The number of benzene rings is 1. The lowest BCUT2D eigenvalue weighted by Gasteiger charge is -2.31. The first-order chi connectivity index (χ1) is 9.15. The first-order valence-electron chi connectivity index (χ1n) is 6.64. The Morgan fingerprint density at radius 1 is 1.21 bits per heavy atom. The molecule has 19 heavy (non-hydrogen) atoms. The lowest BCUT2D eigenvalue weighted by atomic mass is 9.99. The monoisotopic (exact) mass is 316 g/mol. The lowest BCUT2D eigenvalue weighted by Crippen LogP contribution is -2.26. The van der Waals surface area contributed by atoms with Gasteiger partial charge in [-0.25, -0.2) is 4.98 Å². The van der Waals surface area contributed by atoms with Gasteiger partial charge in [-0.15, -0.1) is 0 Å². The topological polar surface area (TPSA) is 16.1 Å². The fourth-order valence-electron chi connectivity index (χ4n) is 2.76. The van der Waals surface area contributed by atoms with Crippen molar-refractivity contribution in [2.45, 2.75) is 26.7 Å². The molecule has 0 bridgehead atoms. The zero-order valence-electron chi connectivity index (χ0n) is 11.3. The molecule has 3 heteroatoms. The van der Waals surface area contributed by atoms with E-state index in [9.17, 15) is 0 Å². The molecular weight excluding hydrogens is 300 g/mol. The number of hydrogen-bond donors (Lipinski definition) is 0. The number of aromatic nitrogens is 1. The predicted molar refractivity (Wildman–Crippen MR) is 83.2 cm³/mol. The van der Waals surface area contributed by atoms with Crippen LogP contribution in [0.4, 0.5) is 11.5 Å². The van der Waals surface area contributed by atoms with Crippen LogP contribution < -0.4 is 4.90 Å². The number of nitrogens with zero attached hydrogens (tertiary/aromatic N) is 2. The first kappa shape index (κ1) is 12.7. The van der Waals surface area contributed by atoms with E-state index in [0.29, 0.717) is 0 Å². The minimum atomic E-state index is 1.04. The standard InChI is InChI=1S/C16H17BrN2/c1-11-5-6-15-13(8-11)4-3-7-19(15)16-12(2)9-14(17)10-18-16/h5-6,8-10H,3-4,7H2,1-2H3. The number of rotatable bonds is 1. The van der Waals surface area contributed by atoms with E-state index in [2.05, 4.69) is 63.9 Å². The third-order valence-electron chi connectivity index (χ3n) is 3.63. The van der Waals surface area contributed by atoms with Crippen molar-refractivity contribution >= 4 is 27.4 Å². The van der Waals surface area contributed by atoms with Gasteiger partial charge in [-0.3, -0.25) is 0 Å². The van der Waals surface area contributed by atoms with Crippen LogP contribution in [-0.2, 0) is 6.42 Å². The van der Waals surface area contributed by atoms with Crippen LogP contribution in [0.3, 0.4) is 0 Å². The van der Waals surface area contributed by atoms with Gasteiger partial charge in [0.25, 0.3) is 0 Å². The van der Waals surface area contributed by atoms with E-state index < -0.39 is 0 Å².